The number of carbonyl (C=O) groups excluding carboxylic acids is 1. The Morgan fingerprint density at radius 2 is 2.23 bits per heavy atom. The van der Waals surface area contributed by atoms with E-state index in [0.717, 1.165) is 19.4 Å². The van der Waals surface area contributed by atoms with E-state index in [1.54, 1.807) is 14.0 Å². The minimum Gasteiger partial charge on any atom is -0.492 e. The van der Waals surface area contributed by atoms with Crippen LogP contribution in [0.3, 0.4) is 0 Å². The van der Waals surface area contributed by atoms with Gasteiger partial charge in [0.2, 0.25) is 11.5 Å². The molecule has 7 heteroatoms. The molecule has 7 nitrogen and oxygen atoms in total. The molecule has 0 saturated carbocycles. The summed E-state index contributed by atoms with van der Waals surface area (Å²) in [6, 6.07) is 0.334. The predicted molar refractivity (Wildman–Crippen MR) is 87.2 cm³/mol. The van der Waals surface area contributed by atoms with Crippen molar-refractivity contribution in [2.24, 2.45) is 17.8 Å². The van der Waals surface area contributed by atoms with Crippen LogP contribution < -0.4 is 0 Å². The maximum Gasteiger partial charge on any atom is 0.343 e. The van der Waals surface area contributed by atoms with Crippen LogP contribution in [0.4, 0.5) is 0 Å². The molecule has 1 N–H and O–H groups in total. The number of nitrogens with zero attached hydrogens (tertiary/aromatic N) is 1. The summed E-state index contributed by atoms with van der Waals surface area (Å²) in [5.41, 5.74) is 0.160. The van der Waals surface area contributed by atoms with Crippen LogP contribution in [0.15, 0.2) is 22.9 Å². The lowest BCUT2D eigenvalue weighted by Crippen LogP contribution is -2.62. The number of hydrogen-bond donors (Lipinski definition) is 1. The number of cyclic esters (lactones) is 1. The average molecular weight is 361 g/mol. The zero-order chi connectivity index (χ0) is 18.0. The minimum absolute atomic E-state index is 0.0168. The Kier molecular flexibility index (Phi) is 2.65. The number of hydrogen-bond acceptors (Lipinski definition) is 7. The van der Waals surface area contributed by atoms with Crippen molar-refractivity contribution < 1.29 is 28.8 Å². The normalized spacial score (nSPS) is 55.6. The van der Waals surface area contributed by atoms with Crippen molar-refractivity contribution in [1.82, 2.24) is 4.90 Å². The van der Waals surface area contributed by atoms with E-state index in [9.17, 15) is 9.90 Å². The monoisotopic (exact) mass is 361 g/mol. The van der Waals surface area contributed by atoms with Crippen LogP contribution >= 0.6 is 0 Å². The van der Waals surface area contributed by atoms with Gasteiger partial charge in [-0.1, -0.05) is 6.92 Å². The lowest BCUT2D eigenvalue weighted by atomic mass is 9.71. The van der Waals surface area contributed by atoms with Gasteiger partial charge in [-0.05, 0) is 26.3 Å². The second-order valence-electron chi connectivity index (χ2n) is 8.47. The highest BCUT2D eigenvalue weighted by Gasteiger charge is 2.84. The van der Waals surface area contributed by atoms with Gasteiger partial charge in [-0.25, -0.2) is 4.79 Å². The van der Waals surface area contributed by atoms with Crippen molar-refractivity contribution >= 4 is 5.97 Å². The molecule has 0 aromatic rings. The highest BCUT2D eigenvalue weighted by molar-refractivity contribution is 5.93. The van der Waals surface area contributed by atoms with Gasteiger partial charge < -0.3 is 24.1 Å². The van der Waals surface area contributed by atoms with Crippen LogP contribution in [-0.2, 0) is 23.7 Å². The predicted octanol–water partition coefficient (Wildman–Crippen LogP) is 0.892. The zero-order valence-electron chi connectivity index (χ0n) is 15.2. The van der Waals surface area contributed by atoms with Crippen LogP contribution in [0.1, 0.15) is 26.7 Å². The van der Waals surface area contributed by atoms with Crippen molar-refractivity contribution in [3.8, 4) is 0 Å². The second-order valence-corrected chi connectivity index (χ2v) is 8.47. The molecule has 0 amide bonds. The van der Waals surface area contributed by atoms with Crippen LogP contribution in [-0.4, -0.2) is 59.7 Å². The molecule has 0 radical (unpaired) electrons. The Morgan fingerprint density at radius 1 is 1.42 bits per heavy atom. The molecule has 1 spiro atoms. The lowest BCUT2D eigenvalue weighted by molar-refractivity contribution is -0.256. The van der Waals surface area contributed by atoms with Crippen LogP contribution in [0.5, 0.6) is 0 Å². The number of carbonyl (C=O) groups is 1. The van der Waals surface area contributed by atoms with Gasteiger partial charge in [-0.15, -0.1) is 0 Å². The molecule has 0 aromatic heterocycles. The van der Waals surface area contributed by atoms with Gasteiger partial charge in [0.15, 0.2) is 5.76 Å². The van der Waals surface area contributed by atoms with Gasteiger partial charge in [-0.3, -0.25) is 4.90 Å². The highest BCUT2D eigenvalue weighted by atomic mass is 16.7. The van der Waals surface area contributed by atoms with Gasteiger partial charge in [0.05, 0.1) is 36.9 Å². The Labute approximate surface area is 151 Å². The quantitative estimate of drug-likeness (QED) is 0.732. The fourth-order valence-electron chi connectivity index (χ4n) is 7.00. The van der Waals surface area contributed by atoms with Gasteiger partial charge in [0, 0.05) is 17.9 Å². The number of aliphatic hydroxyl groups excluding tert-OH is 1. The van der Waals surface area contributed by atoms with E-state index >= 15 is 0 Å². The molecular weight excluding hydrogens is 338 g/mol. The number of ether oxygens (including phenoxy) is 4. The third kappa shape index (κ3) is 1.32. The molecule has 140 valence electrons. The van der Waals surface area contributed by atoms with E-state index in [-0.39, 0.29) is 42.0 Å². The molecule has 5 saturated heterocycles. The van der Waals surface area contributed by atoms with E-state index in [0.29, 0.717) is 28.9 Å². The maximum absolute atomic E-state index is 12.1. The summed E-state index contributed by atoms with van der Waals surface area (Å²) in [7, 11) is 1.54. The van der Waals surface area contributed by atoms with Crippen molar-refractivity contribution in [2.75, 3.05) is 20.3 Å². The molecule has 6 heterocycles. The second kappa shape index (κ2) is 4.46. The molecule has 5 fully saturated rings. The molecule has 6 rings (SSSR count). The van der Waals surface area contributed by atoms with Gasteiger partial charge in [0.25, 0.3) is 0 Å². The van der Waals surface area contributed by atoms with Crippen molar-refractivity contribution in [2.45, 2.75) is 50.2 Å². The highest BCUT2D eigenvalue weighted by Crippen LogP contribution is 2.72. The van der Waals surface area contributed by atoms with Crippen molar-refractivity contribution in [3.63, 3.8) is 0 Å². The van der Waals surface area contributed by atoms with Gasteiger partial charge >= 0.3 is 5.97 Å². The van der Waals surface area contributed by atoms with E-state index in [2.05, 4.69) is 11.8 Å². The fraction of sp³-hybridized carbons (Fsp3) is 0.737. The average Bonchev–Trinajstić information content (AvgIpc) is 3.33. The third-order valence-corrected chi connectivity index (χ3v) is 7.85. The van der Waals surface area contributed by atoms with Gasteiger partial charge in [-0.2, -0.15) is 0 Å². The Morgan fingerprint density at radius 3 is 2.96 bits per heavy atom. The Bertz CT molecular complexity index is 804. The third-order valence-electron chi connectivity index (χ3n) is 7.85. The molecule has 8 atom stereocenters. The Hall–Kier alpha value is -1.57. The molecule has 6 aliphatic rings. The number of rotatable bonds is 2. The molecule has 5 bridgehead atoms. The molecule has 1 unspecified atom stereocenters. The van der Waals surface area contributed by atoms with E-state index in [1.165, 1.54) is 0 Å². The fourth-order valence-corrected chi connectivity index (χ4v) is 7.00. The first-order chi connectivity index (χ1) is 12.5. The summed E-state index contributed by atoms with van der Waals surface area (Å²) >= 11 is 0. The van der Waals surface area contributed by atoms with Crippen LogP contribution in [0.2, 0.25) is 0 Å². The van der Waals surface area contributed by atoms with E-state index in [1.807, 2.05) is 0 Å². The first-order valence-corrected chi connectivity index (χ1v) is 9.45. The molecule has 0 aromatic carbocycles. The summed E-state index contributed by atoms with van der Waals surface area (Å²) < 4.78 is 24.0. The standard InChI is InChI=1S/C19H23NO6/c1-8-13-10-6-12-18(7-21)11(4-5-20(10)18)19(13,25-12)26-15(8)16-14(23-3)9(2)17(22)24-16/h8,10-13,21H,4-7H2,1-3H3/b16-15-/t8-,10-,11-,12+,13+,18-,19+/m0/s1. The van der Waals surface area contributed by atoms with E-state index in [4.69, 9.17) is 18.9 Å². The van der Waals surface area contributed by atoms with Crippen molar-refractivity contribution in [3.05, 3.63) is 22.9 Å². The van der Waals surface area contributed by atoms with Crippen molar-refractivity contribution in [1.29, 1.82) is 0 Å². The lowest BCUT2D eigenvalue weighted by Gasteiger charge is -2.47. The number of methoxy groups -OCH3 is 1. The van der Waals surface area contributed by atoms with E-state index < -0.39 is 5.79 Å². The van der Waals surface area contributed by atoms with Crippen LogP contribution in [0, 0.1) is 17.8 Å². The Balaban J connectivity index is 1.51. The molecule has 26 heavy (non-hydrogen) atoms. The SMILES string of the molecule is COC1=C(C)C(=O)O/C1=C1\O[C@@]23O[C@@H]4C[C@@H]([C@H]2[C@@H]1C)N1CC[C@H]3[C@@]41CO. The topological polar surface area (TPSA) is 77.5 Å². The number of piperidine rings is 1. The molecular formula is C19H23NO6. The minimum atomic E-state index is -0.715. The van der Waals surface area contributed by atoms with Gasteiger partial charge in [0.1, 0.15) is 5.76 Å². The number of allylic oxidation sites excluding steroid dienone is 1. The maximum atomic E-state index is 12.1. The molecule has 0 aliphatic carbocycles. The molecule has 6 aliphatic heterocycles. The zero-order valence-corrected chi connectivity index (χ0v) is 15.2. The van der Waals surface area contributed by atoms with Crippen LogP contribution in [0.25, 0.3) is 0 Å². The summed E-state index contributed by atoms with van der Waals surface area (Å²) in [5.74, 6) is 0.779. The summed E-state index contributed by atoms with van der Waals surface area (Å²) in [5, 5.41) is 10.3. The summed E-state index contributed by atoms with van der Waals surface area (Å²) in [6.07, 6.45) is 1.92. The largest absolute Gasteiger partial charge is 0.492 e. The first-order valence-electron chi connectivity index (χ1n) is 9.45. The first kappa shape index (κ1) is 15.5. The smallest absolute Gasteiger partial charge is 0.343 e. The summed E-state index contributed by atoms with van der Waals surface area (Å²) in [4.78, 5) is 14.5. The number of fused-ring (bicyclic) bond motifs is 1. The summed E-state index contributed by atoms with van der Waals surface area (Å²) in [6.45, 7) is 4.92. The number of aliphatic hydroxyl groups is 1. The number of esters is 1.